The summed E-state index contributed by atoms with van der Waals surface area (Å²) in [7, 11) is 0. The van der Waals surface area contributed by atoms with Gasteiger partial charge in [0.05, 0.1) is 5.69 Å². The van der Waals surface area contributed by atoms with Crippen LogP contribution >= 0.6 is 0 Å². The second kappa shape index (κ2) is 8.39. The number of rotatable bonds is 6. The Kier molecular flexibility index (Phi) is 5.96. The molecule has 1 unspecified atom stereocenters. The third kappa shape index (κ3) is 4.26. The summed E-state index contributed by atoms with van der Waals surface area (Å²) in [4.78, 5) is 26.2. The first-order chi connectivity index (χ1) is 12.6. The summed E-state index contributed by atoms with van der Waals surface area (Å²) in [6.07, 6.45) is 9.11. The number of nitrogens with one attached hydrogen (secondary N) is 1. The average Bonchev–Trinajstić information content (AvgIpc) is 2.64. The zero-order valence-corrected chi connectivity index (χ0v) is 15.5. The Balaban J connectivity index is 1.62. The van der Waals surface area contributed by atoms with Crippen LogP contribution in [0.2, 0.25) is 0 Å². The van der Waals surface area contributed by atoms with Gasteiger partial charge in [0.1, 0.15) is 5.75 Å². The first-order valence-electron chi connectivity index (χ1n) is 9.61. The zero-order chi connectivity index (χ0) is 18.5. The van der Waals surface area contributed by atoms with Crippen molar-refractivity contribution in [3.05, 3.63) is 30.9 Å². The molecular weight excluding hydrogens is 328 g/mol. The van der Waals surface area contributed by atoms with E-state index < -0.39 is 6.10 Å². The molecule has 1 fully saturated rings. The van der Waals surface area contributed by atoms with Gasteiger partial charge in [-0.15, -0.1) is 6.58 Å². The topological polar surface area (TPSA) is 58.6 Å². The lowest BCUT2D eigenvalue weighted by molar-refractivity contribution is -0.125. The molecule has 3 rings (SSSR count). The Labute approximate surface area is 155 Å². The highest BCUT2D eigenvalue weighted by atomic mass is 16.5. The quantitative estimate of drug-likeness (QED) is 0.774. The molecule has 1 saturated carbocycles. The number of benzene rings is 1. The molecule has 1 aromatic rings. The predicted octanol–water partition coefficient (Wildman–Crippen LogP) is 4.29. The van der Waals surface area contributed by atoms with Crippen molar-refractivity contribution in [3.63, 3.8) is 0 Å². The SMILES string of the molecule is C=CCN1C(=O)C(C)Oc2cc(NC(=O)CCC3CCCCC3)ccc21. The van der Waals surface area contributed by atoms with Crippen molar-refractivity contribution in [1.29, 1.82) is 0 Å². The van der Waals surface area contributed by atoms with Gasteiger partial charge in [0.2, 0.25) is 5.91 Å². The maximum Gasteiger partial charge on any atom is 0.268 e. The van der Waals surface area contributed by atoms with Gasteiger partial charge in [-0.2, -0.15) is 0 Å². The standard InChI is InChI=1S/C21H28N2O3/c1-3-13-23-18-11-10-17(14-19(18)26-15(2)21(23)25)22-20(24)12-9-16-7-5-4-6-8-16/h3,10-11,14-16H,1,4-9,12-13H2,2H3,(H,22,24). The lowest BCUT2D eigenvalue weighted by Gasteiger charge is -2.32. The Morgan fingerprint density at radius 3 is 2.85 bits per heavy atom. The molecule has 0 radical (unpaired) electrons. The molecule has 1 aromatic carbocycles. The van der Waals surface area contributed by atoms with E-state index in [4.69, 9.17) is 4.74 Å². The summed E-state index contributed by atoms with van der Waals surface area (Å²) in [6.45, 7) is 5.88. The van der Waals surface area contributed by atoms with E-state index in [1.807, 2.05) is 12.1 Å². The minimum absolute atomic E-state index is 0.0402. The van der Waals surface area contributed by atoms with Crippen LogP contribution in [-0.2, 0) is 9.59 Å². The van der Waals surface area contributed by atoms with Crippen LogP contribution in [0.15, 0.2) is 30.9 Å². The van der Waals surface area contributed by atoms with Crippen molar-refractivity contribution in [1.82, 2.24) is 0 Å². The van der Waals surface area contributed by atoms with E-state index in [-0.39, 0.29) is 11.8 Å². The van der Waals surface area contributed by atoms with Crippen molar-refractivity contribution >= 4 is 23.2 Å². The fourth-order valence-electron chi connectivity index (χ4n) is 3.84. The molecule has 2 amide bonds. The molecule has 0 saturated heterocycles. The largest absolute Gasteiger partial charge is 0.479 e. The summed E-state index contributed by atoms with van der Waals surface area (Å²) in [5.74, 6) is 1.27. The fourth-order valence-corrected chi connectivity index (χ4v) is 3.84. The van der Waals surface area contributed by atoms with Crippen LogP contribution < -0.4 is 15.0 Å². The third-order valence-corrected chi connectivity index (χ3v) is 5.27. The summed E-state index contributed by atoms with van der Waals surface area (Å²) in [6, 6.07) is 5.44. The predicted molar refractivity (Wildman–Crippen MR) is 104 cm³/mol. The Morgan fingerprint density at radius 1 is 1.35 bits per heavy atom. The van der Waals surface area contributed by atoms with Gasteiger partial charge in [0.15, 0.2) is 6.10 Å². The summed E-state index contributed by atoms with van der Waals surface area (Å²) < 4.78 is 5.72. The highest BCUT2D eigenvalue weighted by Crippen LogP contribution is 2.36. The highest BCUT2D eigenvalue weighted by Gasteiger charge is 2.30. The molecule has 0 bridgehead atoms. The van der Waals surface area contributed by atoms with Crippen LogP contribution in [0.25, 0.3) is 0 Å². The van der Waals surface area contributed by atoms with Crippen molar-refractivity contribution < 1.29 is 14.3 Å². The number of amides is 2. The molecule has 5 heteroatoms. The van der Waals surface area contributed by atoms with Crippen LogP contribution in [0.5, 0.6) is 5.75 Å². The van der Waals surface area contributed by atoms with Crippen LogP contribution in [0.3, 0.4) is 0 Å². The third-order valence-electron chi connectivity index (χ3n) is 5.27. The number of hydrogen-bond acceptors (Lipinski definition) is 3. The summed E-state index contributed by atoms with van der Waals surface area (Å²) in [5, 5.41) is 2.96. The van der Waals surface area contributed by atoms with E-state index in [1.54, 1.807) is 24.0 Å². The molecule has 2 aliphatic rings. The number of carbonyl (C=O) groups is 2. The molecule has 1 atom stereocenters. The molecule has 0 aromatic heterocycles. The highest BCUT2D eigenvalue weighted by molar-refractivity contribution is 6.01. The van der Waals surface area contributed by atoms with Gasteiger partial charge >= 0.3 is 0 Å². The minimum atomic E-state index is -0.542. The van der Waals surface area contributed by atoms with E-state index >= 15 is 0 Å². The van der Waals surface area contributed by atoms with E-state index in [9.17, 15) is 9.59 Å². The maximum absolute atomic E-state index is 12.3. The van der Waals surface area contributed by atoms with Gasteiger partial charge in [0.25, 0.3) is 5.91 Å². The Morgan fingerprint density at radius 2 is 2.12 bits per heavy atom. The number of hydrogen-bond donors (Lipinski definition) is 1. The van der Waals surface area contributed by atoms with Crippen LogP contribution in [0, 0.1) is 5.92 Å². The zero-order valence-electron chi connectivity index (χ0n) is 15.5. The van der Waals surface area contributed by atoms with Crippen molar-refractivity contribution in [2.45, 2.75) is 58.0 Å². The number of fused-ring (bicyclic) bond motifs is 1. The van der Waals surface area contributed by atoms with Gasteiger partial charge in [-0.3, -0.25) is 9.59 Å². The number of ether oxygens (including phenoxy) is 1. The monoisotopic (exact) mass is 356 g/mol. The Bertz CT molecular complexity index is 680. The summed E-state index contributed by atoms with van der Waals surface area (Å²) >= 11 is 0. The van der Waals surface area contributed by atoms with Crippen molar-refractivity contribution in [2.24, 2.45) is 5.92 Å². The molecule has 1 aliphatic carbocycles. The van der Waals surface area contributed by atoms with Crippen LogP contribution in [0.1, 0.15) is 51.9 Å². The van der Waals surface area contributed by atoms with Crippen molar-refractivity contribution in [2.75, 3.05) is 16.8 Å². The Hall–Kier alpha value is -2.30. The molecule has 5 nitrogen and oxygen atoms in total. The smallest absolute Gasteiger partial charge is 0.268 e. The van der Waals surface area contributed by atoms with Gasteiger partial charge in [-0.1, -0.05) is 38.2 Å². The lowest BCUT2D eigenvalue weighted by Crippen LogP contribution is -2.44. The fraction of sp³-hybridized carbons (Fsp3) is 0.524. The second-order valence-corrected chi connectivity index (χ2v) is 7.27. The van der Waals surface area contributed by atoms with E-state index in [0.717, 1.165) is 6.42 Å². The molecule has 26 heavy (non-hydrogen) atoms. The van der Waals surface area contributed by atoms with Crippen LogP contribution in [-0.4, -0.2) is 24.5 Å². The van der Waals surface area contributed by atoms with E-state index in [0.29, 0.717) is 36.0 Å². The first kappa shape index (κ1) is 18.5. The van der Waals surface area contributed by atoms with Crippen molar-refractivity contribution in [3.8, 4) is 5.75 Å². The first-order valence-corrected chi connectivity index (χ1v) is 9.61. The van der Waals surface area contributed by atoms with Gasteiger partial charge in [0, 0.05) is 24.7 Å². The molecule has 1 aliphatic heterocycles. The molecule has 1 N–H and O–H groups in total. The van der Waals surface area contributed by atoms with E-state index in [1.165, 1.54) is 32.1 Å². The lowest BCUT2D eigenvalue weighted by atomic mass is 9.86. The van der Waals surface area contributed by atoms with Gasteiger partial charge in [-0.05, 0) is 31.4 Å². The van der Waals surface area contributed by atoms with Crippen LogP contribution in [0.4, 0.5) is 11.4 Å². The van der Waals surface area contributed by atoms with Gasteiger partial charge in [-0.25, -0.2) is 0 Å². The van der Waals surface area contributed by atoms with E-state index in [2.05, 4.69) is 11.9 Å². The molecular formula is C21H28N2O3. The maximum atomic E-state index is 12.3. The average molecular weight is 356 g/mol. The number of anilines is 2. The summed E-state index contributed by atoms with van der Waals surface area (Å²) in [5.41, 5.74) is 1.42. The minimum Gasteiger partial charge on any atom is -0.479 e. The normalized spacial score (nSPS) is 20.3. The number of carbonyl (C=O) groups excluding carboxylic acids is 2. The molecule has 1 heterocycles. The van der Waals surface area contributed by atoms with Gasteiger partial charge < -0.3 is 15.0 Å². The molecule has 0 spiro atoms. The molecule has 140 valence electrons. The number of nitrogens with zero attached hydrogens (tertiary/aromatic N) is 1. The second-order valence-electron chi connectivity index (χ2n) is 7.27.